The van der Waals surface area contributed by atoms with Crippen LogP contribution >= 0.6 is 12.2 Å². The first-order chi connectivity index (χ1) is 8.99. The number of anilines is 1. The van der Waals surface area contributed by atoms with Crippen molar-refractivity contribution in [2.24, 2.45) is 5.73 Å². The molecule has 4 heteroatoms. The molecule has 0 saturated heterocycles. The summed E-state index contributed by atoms with van der Waals surface area (Å²) >= 11 is 4.99. The van der Waals surface area contributed by atoms with Crippen LogP contribution in [0.3, 0.4) is 0 Å². The fourth-order valence-electron chi connectivity index (χ4n) is 2.18. The molecule has 0 aromatic heterocycles. The molecule has 2 N–H and O–H groups in total. The molecule has 0 aliphatic carbocycles. The van der Waals surface area contributed by atoms with Gasteiger partial charge >= 0.3 is 0 Å². The lowest BCUT2D eigenvalue weighted by molar-refractivity contribution is 0.608. The number of unbranched alkanes of at least 4 members (excludes halogenated alkanes) is 2. The Bertz CT molecular complexity index is 432. The number of rotatable bonds is 7. The van der Waals surface area contributed by atoms with Crippen molar-refractivity contribution in [3.05, 3.63) is 29.6 Å². The van der Waals surface area contributed by atoms with Crippen LogP contribution in [0.25, 0.3) is 0 Å². The third-order valence-electron chi connectivity index (χ3n) is 3.17. The Morgan fingerprint density at radius 1 is 1.37 bits per heavy atom. The zero-order valence-corrected chi connectivity index (χ0v) is 12.8. The van der Waals surface area contributed by atoms with Gasteiger partial charge in [-0.05, 0) is 32.4 Å². The van der Waals surface area contributed by atoms with Crippen molar-refractivity contribution in [3.8, 4) is 0 Å². The Morgan fingerprint density at radius 3 is 2.58 bits per heavy atom. The summed E-state index contributed by atoms with van der Waals surface area (Å²) in [6, 6.07) is 5.29. The van der Waals surface area contributed by atoms with E-state index in [1.165, 1.54) is 12.5 Å². The predicted molar refractivity (Wildman–Crippen MR) is 84.3 cm³/mol. The van der Waals surface area contributed by atoms with Crippen molar-refractivity contribution < 1.29 is 4.39 Å². The Balaban J connectivity index is 3.08. The third kappa shape index (κ3) is 4.16. The summed E-state index contributed by atoms with van der Waals surface area (Å²) in [6.45, 7) is 7.26. The highest BCUT2D eigenvalue weighted by Crippen LogP contribution is 2.25. The molecule has 0 saturated carbocycles. The normalized spacial score (nSPS) is 10.8. The maximum Gasteiger partial charge on any atom is 0.135 e. The van der Waals surface area contributed by atoms with Gasteiger partial charge in [-0.2, -0.15) is 0 Å². The first-order valence-corrected chi connectivity index (χ1v) is 7.24. The number of thiocarbonyl (C=S) groups is 1. The monoisotopic (exact) mass is 282 g/mol. The number of nitrogens with two attached hydrogens (primary N) is 1. The highest BCUT2D eigenvalue weighted by Gasteiger charge is 2.18. The van der Waals surface area contributed by atoms with Gasteiger partial charge in [0.2, 0.25) is 0 Å². The molecule has 0 atom stereocenters. The zero-order chi connectivity index (χ0) is 14.4. The van der Waals surface area contributed by atoms with E-state index in [-0.39, 0.29) is 16.8 Å². The molecule has 106 valence electrons. The average Bonchev–Trinajstić information content (AvgIpc) is 2.33. The van der Waals surface area contributed by atoms with E-state index in [0.717, 1.165) is 25.1 Å². The van der Waals surface area contributed by atoms with Crippen molar-refractivity contribution >= 4 is 22.9 Å². The lowest BCUT2D eigenvalue weighted by atomic mass is 10.1. The van der Waals surface area contributed by atoms with Crippen molar-refractivity contribution in [1.82, 2.24) is 0 Å². The van der Waals surface area contributed by atoms with Crippen molar-refractivity contribution in [2.75, 3.05) is 11.4 Å². The zero-order valence-electron chi connectivity index (χ0n) is 11.9. The smallest absolute Gasteiger partial charge is 0.135 e. The van der Waals surface area contributed by atoms with E-state index in [9.17, 15) is 4.39 Å². The van der Waals surface area contributed by atoms with Gasteiger partial charge in [0.25, 0.3) is 0 Å². The van der Waals surface area contributed by atoms with E-state index < -0.39 is 0 Å². The molecular formula is C15H23FN2S. The molecule has 0 spiro atoms. The van der Waals surface area contributed by atoms with Crippen LogP contribution in [0.2, 0.25) is 0 Å². The topological polar surface area (TPSA) is 29.3 Å². The Labute approximate surface area is 120 Å². The quantitative estimate of drug-likeness (QED) is 0.608. The number of nitrogens with zero attached hydrogens (tertiary/aromatic N) is 1. The summed E-state index contributed by atoms with van der Waals surface area (Å²) in [6.07, 6.45) is 3.42. The number of benzene rings is 1. The Kier molecular flexibility index (Phi) is 6.22. The minimum Gasteiger partial charge on any atom is -0.389 e. The standard InChI is InChI=1S/C15H23FN2S/c1-4-5-6-10-18(11(2)3)13-9-7-8-12(16)14(13)15(17)19/h7-9,11H,4-6,10H2,1-3H3,(H2,17,19). The molecule has 0 unspecified atom stereocenters. The van der Waals surface area contributed by atoms with Gasteiger partial charge in [0.05, 0.1) is 11.3 Å². The van der Waals surface area contributed by atoms with Crippen LogP contribution in [0.1, 0.15) is 45.6 Å². The van der Waals surface area contributed by atoms with Gasteiger partial charge in [0, 0.05) is 12.6 Å². The van der Waals surface area contributed by atoms with Gasteiger partial charge in [0.15, 0.2) is 0 Å². The molecule has 0 radical (unpaired) electrons. The highest BCUT2D eigenvalue weighted by molar-refractivity contribution is 7.80. The van der Waals surface area contributed by atoms with Crippen LogP contribution in [0.4, 0.5) is 10.1 Å². The summed E-state index contributed by atoms with van der Waals surface area (Å²) in [5, 5.41) is 0. The summed E-state index contributed by atoms with van der Waals surface area (Å²) in [5.74, 6) is -0.342. The minimum absolute atomic E-state index is 0.120. The molecule has 1 aromatic carbocycles. The molecule has 1 rings (SSSR count). The van der Waals surface area contributed by atoms with E-state index >= 15 is 0 Å². The lowest BCUT2D eigenvalue weighted by Gasteiger charge is -2.31. The average molecular weight is 282 g/mol. The lowest BCUT2D eigenvalue weighted by Crippen LogP contribution is -2.34. The van der Waals surface area contributed by atoms with Crippen LogP contribution in [-0.4, -0.2) is 17.6 Å². The van der Waals surface area contributed by atoms with E-state index in [2.05, 4.69) is 25.7 Å². The van der Waals surface area contributed by atoms with Gasteiger partial charge in [-0.1, -0.05) is 38.0 Å². The molecular weight excluding hydrogens is 259 g/mol. The molecule has 0 aliphatic heterocycles. The first kappa shape index (κ1) is 15.9. The van der Waals surface area contributed by atoms with E-state index in [1.807, 2.05) is 6.07 Å². The second-order valence-electron chi connectivity index (χ2n) is 4.99. The predicted octanol–water partition coefficient (Wildman–Crippen LogP) is 3.86. The minimum atomic E-state index is -0.342. The Morgan fingerprint density at radius 2 is 2.05 bits per heavy atom. The van der Waals surface area contributed by atoms with E-state index in [1.54, 1.807) is 6.07 Å². The fraction of sp³-hybridized carbons (Fsp3) is 0.533. The first-order valence-electron chi connectivity index (χ1n) is 6.84. The van der Waals surface area contributed by atoms with E-state index in [4.69, 9.17) is 18.0 Å². The van der Waals surface area contributed by atoms with E-state index in [0.29, 0.717) is 5.56 Å². The number of hydrogen-bond acceptors (Lipinski definition) is 2. The molecule has 0 fully saturated rings. The van der Waals surface area contributed by atoms with Crippen LogP contribution < -0.4 is 10.6 Å². The third-order valence-corrected chi connectivity index (χ3v) is 3.38. The maximum absolute atomic E-state index is 13.9. The summed E-state index contributed by atoms with van der Waals surface area (Å²) in [7, 11) is 0. The molecule has 19 heavy (non-hydrogen) atoms. The second-order valence-corrected chi connectivity index (χ2v) is 5.43. The second kappa shape index (κ2) is 7.43. The van der Waals surface area contributed by atoms with Gasteiger partial charge in [-0.25, -0.2) is 4.39 Å². The highest BCUT2D eigenvalue weighted by atomic mass is 32.1. The summed E-state index contributed by atoms with van der Waals surface area (Å²) < 4.78 is 13.9. The van der Waals surface area contributed by atoms with Crippen molar-refractivity contribution in [2.45, 2.75) is 46.1 Å². The molecule has 1 aromatic rings. The van der Waals surface area contributed by atoms with Crippen molar-refractivity contribution in [1.29, 1.82) is 0 Å². The Hall–Kier alpha value is -1.16. The summed E-state index contributed by atoms with van der Waals surface area (Å²) in [5.41, 5.74) is 6.84. The maximum atomic E-state index is 13.9. The van der Waals surface area contributed by atoms with Gasteiger partial charge in [-0.3, -0.25) is 0 Å². The van der Waals surface area contributed by atoms with Crippen LogP contribution in [0.15, 0.2) is 18.2 Å². The molecule has 0 amide bonds. The van der Waals surface area contributed by atoms with Gasteiger partial charge in [-0.15, -0.1) is 0 Å². The van der Waals surface area contributed by atoms with Gasteiger partial charge < -0.3 is 10.6 Å². The summed E-state index contributed by atoms with van der Waals surface area (Å²) in [4.78, 5) is 2.29. The largest absolute Gasteiger partial charge is 0.389 e. The fourth-order valence-corrected chi connectivity index (χ4v) is 2.39. The number of halogens is 1. The van der Waals surface area contributed by atoms with Gasteiger partial charge in [0.1, 0.15) is 10.8 Å². The van der Waals surface area contributed by atoms with Crippen LogP contribution in [-0.2, 0) is 0 Å². The molecule has 2 nitrogen and oxygen atoms in total. The van der Waals surface area contributed by atoms with Crippen LogP contribution in [0, 0.1) is 5.82 Å². The van der Waals surface area contributed by atoms with Crippen molar-refractivity contribution in [3.63, 3.8) is 0 Å². The van der Waals surface area contributed by atoms with Crippen LogP contribution in [0.5, 0.6) is 0 Å². The molecule has 0 heterocycles. The number of hydrogen-bond donors (Lipinski definition) is 1. The SMILES string of the molecule is CCCCCN(c1cccc(F)c1C(N)=S)C(C)C. The molecule has 0 aliphatic rings. The molecule has 0 bridgehead atoms.